The van der Waals surface area contributed by atoms with E-state index in [2.05, 4.69) is 16.3 Å². The number of hydrogen-bond donors (Lipinski definition) is 1. The number of anilines is 1. The van der Waals surface area contributed by atoms with E-state index in [-0.39, 0.29) is 42.3 Å². The molecular formula is C23H32N4O5. The minimum Gasteiger partial charge on any atom is -0.497 e. The molecule has 32 heavy (non-hydrogen) atoms. The van der Waals surface area contributed by atoms with E-state index in [1.807, 2.05) is 23.1 Å². The number of imide groups is 1. The molecule has 174 valence electrons. The van der Waals surface area contributed by atoms with Crippen LogP contribution in [0.15, 0.2) is 24.3 Å². The van der Waals surface area contributed by atoms with Crippen LogP contribution in [0, 0.1) is 11.8 Å². The number of urea groups is 1. The summed E-state index contributed by atoms with van der Waals surface area (Å²) < 4.78 is 10.3. The van der Waals surface area contributed by atoms with Crippen molar-refractivity contribution < 1.29 is 23.9 Å². The van der Waals surface area contributed by atoms with Gasteiger partial charge in [-0.15, -0.1) is 0 Å². The first-order valence-corrected chi connectivity index (χ1v) is 11.3. The zero-order valence-electron chi connectivity index (χ0n) is 18.8. The Hall–Kier alpha value is -2.81. The van der Waals surface area contributed by atoms with Crippen molar-refractivity contribution in [1.82, 2.24) is 15.1 Å². The number of methoxy groups -OCH3 is 2. The molecular weight excluding hydrogens is 412 g/mol. The van der Waals surface area contributed by atoms with Crippen LogP contribution in [0.1, 0.15) is 19.3 Å². The van der Waals surface area contributed by atoms with E-state index < -0.39 is 0 Å². The maximum atomic E-state index is 13.2. The highest BCUT2D eigenvalue weighted by atomic mass is 16.5. The molecule has 2 heterocycles. The Bertz CT molecular complexity index is 855. The van der Waals surface area contributed by atoms with Gasteiger partial charge in [0.25, 0.3) is 0 Å². The van der Waals surface area contributed by atoms with Crippen LogP contribution in [-0.2, 0) is 14.3 Å². The molecule has 1 aliphatic carbocycles. The standard InChI is InChI=1S/C23H32N4O5/c1-31-13-12-27-22(29)19-7-6-16(14-20(19)24-23(27)30)21(28)26-10-8-25(9-11-26)17-4-3-5-18(15-17)32-2/h3-5,15-16,19-20H,6-14H2,1-2H3,(H,24,30). The number of ether oxygens (including phenoxy) is 2. The van der Waals surface area contributed by atoms with Crippen molar-refractivity contribution in [3.63, 3.8) is 0 Å². The minimum absolute atomic E-state index is 0.136. The summed E-state index contributed by atoms with van der Waals surface area (Å²) in [5.74, 6) is 0.408. The molecule has 1 N–H and O–H groups in total. The molecule has 3 fully saturated rings. The molecule has 0 aromatic heterocycles. The lowest BCUT2D eigenvalue weighted by molar-refractivity contribution is -0.143. The summed E-state index contributed by atoms with van der Waals surface area (Å²) >= 11 is 0. The lowest BCUT2D eigenvalue weighted by Crippen LogP contribution is -2.62. The van der Waals surface area contributed by atoms with Crippen molar-refractivity contribution in [3.05, 3.63) is 24.3 Å². The monoisotopic (exact) mass is 444 g/mol. The van der Waals surface area contributed by atoms with Gasteiger partial charge in [0, 0.05) is 57.0 Å². The van der Waals surface area contributed by atoms with Crippen molar-refractivity contribution >= 4 is 23.5 Å². The molecule has 1 aromatic carbocycles. The van der Waals surface area contributed by atoms with E-state index in [1.165, 1.54) is 4.90 Å². The van der Waals surface area contributed by atoms with Crippen LogP contribution in [0.25, 0.3) is 0 Å². The second-order valence-corrected chi connectivity index (χ2v) is 8.67. The zero-order valence-corrected chi connectivity index (χ0v) is 18.8. The Labute approximate surface area is 188 Å². The number of nitrogens with zero attached hydrogens (tertiary/aromatic N) is 3. The van der Waals surface area contributed by atoms with Crippen molar-refractivity contribution in [3.8, 4) is 5.75 Å². The molecule has 9 nitrogen and oxygen atoms in total. The third-order valence-corrected chi connectivity index (χ3v) is 6.87. The number of nitrogens with one attached hydrogen (secondary N) is 1. The Kier molecular flexibility index (Phi) is 6.83. The highest BCUT2D eigenvalue weighted by molar-refractivity contribution is 5.99. The van der Waals surface area contributed by atoms with Gasteiger partial charge in [0.2, 0.25) is 11.8 Å². The predicted molar refractivity (Wildman–Crippen MR) is 119 cm³/mol. The van der Waals surface area contributed by atoms with Gasteiger partial charge in [0.1, 0.15) is 5.75 Å². The minimum atomic E-state index is -0.381. The van der Waals surface area contributed by atoms with Crippen molar-refractivity contribution in [2.45, 2.75) is 25.3 Å². The molecule has 4 rings (SSSR count). The summed E-state index contributed by atoms with van der Waals surface area (Å²) in [5.41, 5.74) is 1.10. The third kappa shape index (κ3) is 4.53. The van der Waals surface area contributed by atoms with Crippen LogP contribution < -0.4 is 15.0 Å². The molecule has 0 bridgehead atoms. The van der Waals surface area contributed by atoms with Gasteiger partial charge in [0.05, 0.1) is 26.2 Å². The number of carbonyl (C=O) groups excluding carboxylic acids is 3. The van der Waals surface area contributed by atoms with Crippen LogP contribution in [0.2, 0.25) is 0 Å². The molecule has 3 unspecified atom stereocenters. The van der Waals surface area contributed by atoms with Crippen molar-refractivity contribution in [1.29, 1.82) is 0 Å². The Balaban J connectivity index is 1.32. The number of benzene rings is 1. The van der Waals surface area contributed by atoms with Gasteiger partial charge in [0.15, 0.2) is 0 Å². The lowest BCUT2D eigenvalue weighted by Gasteiger charge is -2.43. The first-order chi connectivity index (χ1) is 15.5. The number of amides is 4. The lowest BCUT2D eigenvalue weighted by atomic mass is 9.76. The van der Waals surface area contributed by atoms with Gasteiger partial charge in [-0.3, -0.25) is 14.5 Å². The van der Waals surface area contributed by atoms with Crippen LogP contribution in [0.5, 0.6) is 5.75 Å². The summed E-state index contributed by atoms with van der Waals surface area (Å²) in [6, 6.07) is 7.31. The van der Waals surface area contributed by atoms with E-state index in [1.54, 1.807) is 14.2 Å². The Morgan fingerprint density at radius 1 is 1.12 bits per heavy atom. The van der Waals surface area contributed by atoms with E-state index in [0.717, 1.165) is 24.5 Å². The van der Waals surface area contributed by atoms with Crippen molar-refractivity contribution in [2.24, 2.45) is 11.8 Å². The SMILES string of the molecule is COCCN1C(=O)NC2CC(C(=O)N3CCN(c4cccc(OC)c4)CC3)CCC2C1=O. The molecule has 0 radical (unpaired) electrons. The fourth-order valence-corrected chi connectivity index (χ4v) is 5.03. The fraction of sp³-hybridized carbons (Fsp3) is 0.609. The van der Waals surface area contributed by atoms with Gasteiger partial charge in [-0.2, -0.15) is 0 Å². The Morgan fingerprint density at radius 3 is 2.62 bits per heavy atom. The molecule has 0 spiro atoms. The van der Waals surface area contributed by atoms with Gasteiger partial charge in [-0.25, -0.2) is 4.79 Å². The van der Waals surface area contributed by atoms with Crippen LogP contribution in [-0.4, -0.2) is 87.2 Å². The van der Waals surface area contributed by atoms with Crippen LogP contribution >= 0.6 is 0 Å². The smallest absolute Gasteiger partial charge is 0.324 e. The van der Waals surface area contributed by atoms with Gasteiger partial charge in [-0.1, -0.05) is 6.07 Å². The summed E-state index contributed by atoms with van der Waals surface area (Å²) in [6.45, 7) is 3.43. The van der Waals surface area contributed by atoms with Gasteiger partial charge in [-0.05, 0) is 31.4 Å². The van der Waals surface area contributed by atoms with E-state index >= 15 is 0 Å². The topological polar surface area (TPSA) is 91.4 Å². The first-order valence-electron chi connectivity index (χ1n) is 11.3. The van der Waals surface area contributed by atoms with E-state index in [0.29, 0.717) is 39.0 Å². The number of fused-ring (bicyclic) bond motifs is 1. The molecule has 3 atom stereocenters. The maximum absolute atomic E-state index is 13.2. The second kappa shape index (κ2) is 9.77. The zero-order chi connectivity index (χ0) is 22.7. The quantitative estimate of drug-likeness (QED) is 0.712. The molecule has 9 heteroatoms. The summed E-state index contributed by atoms with van der Waals surface area (Å²) in [5, 5.41) is 2.95. The van der Waals surface area contributed by atoms with Crippen LogP contribution in [0.4, 0.5) is 10.5 Å². The number of hydrogen-bond acceptors (Lipinski definition) is 6. The second-order valence-electron chi connectivity index (χ2n) is 8.67. The van der Waals surface area contributed by atoms with E-state index in [9.17, 15) is 14.4 Å². The molecule has 2 aliphatic heterocycles. The Morgan fingerprint density at radius 2 is 1.91 bits per heavy atom. The first kappa shape index (κ1) is 22.4. The molecule has 1 saturated carbocycles. The molecule has 1 aromatic rings. The summed E-state index contributed by atoms with van der Waals surface area (Å²) in [4.78, 5) is 43.8. The average molecular weight is 445 g/mol. The van der Waals surface area contributed by atoms with Gasteiger partial charge < -0.3 is 24.6 Å². The highest BCUT2D eigenvalue weighted by Crippen LogP contribution is 2.34. The molecule has 3 aliphatic rings. The summed E-state index contributed by atoms with van der Waals surface area (Å²) in [6.07, 6.45) is 1.82. The largest absolute Gasteiger partial charge is 0.497 e. The molecule has 4 amide bonds. The maximum Gasteiger partial charge on any atom is 0.324 e. The highest BCUT2D eigenvalue weighted by Gasteiger charge is 2.45. The third-order valence-electron chi connectivity index (χ3n) is 6.87. The summed E-state index contributed by atoms with van der Waals surface area (Å²) in [7, 11) is 3.20. The van der Waals surface area contributed by atoms with Crippen LogP contribution in [0.3, 0.4) is 0 Å². The van der Waals surface area contributed by atoms with Crippen molar-refractivity contribution in [2.75, 3.05) is 58.5 Å². The molecule has 2 saturated heterocycles. The number of carbonyl (C=O) groups is 3. The normalized spacial score (nSPS) is 25.9. The van der Waals surface area contributed by atoms with E-state index in [4.69, 9.17) is 9.47 Å². The number of rotatable bonds is 6. The predicted octanol–water partition coefficient (Wildman–Crippen LogP) is 1.33. The average Bonchev–Trinajstić information content (AvgIpc) is 2.83. The van der Waals surface area contributed by atoms with Gasteiger partial charge >= 0.3 is 6.03 Å². The number of piperazine rings is 1. The fourth-order valence-electron chi connectivity index (χ4n) is 5.03.